The smallest absolute Gasteiger partial charge is 0.220 e. The molecule has 1 amide bonds. The van der Waals surface area contributed by atoms with Gasteiger partial charge in [0.2, 0.25) is 5.91 Å². The van der Waals surface area contributed by atoms with E-state index < -0.39 is 0 Å². The number of anilines is 1. The first-order valence-corrected chi connectivity index (χ1v) is 8.66. The molecule has 0 radical (unpaired) electrons. The third-order valence-corrected chi connectivity index (χ3v) is 4.48. The molecule has 0 aliphatic carbocycles. The van der Waals surface area contributed by atoms with E-state index in [0.29, 0.717) is 12.5 Å². The van der Waals surface area contributed by atoms with E-state index in [1.165, 1.54) is 5.69 Å². The number of nitrogens with zero attached hydrogens (tertiary/aromatic N) is 2. The highest BCUT2D eigenvalue weighted by molar-refractivity contribution is 5.86. The lowest BCUT2D eigenvalue weighted by Gasteiger charge is -2.39. The fourth-order valence-electron chi connectivity index (χ4n) is 2.96. The SMILES string of the molecule is CNCCCC(=O)NCC(C)N1CCN(c2ccccc2)CC1.Cl.Cl.Cl. The number of piperazine rings is 1. The van der Waals surface area contributed by atoms with Gasteiger partial charge >= 0.3 is 0 Å². The third-order valence-electron chi connectivity index (χ3n) is 4.48. The average molecular weight is 428 g/mol. The number of amides is 1. The van der Waals surface area contributed by atoms with Crippen LogP contribution in [0.5, 0.6) is 0 Å². The number of carbonyl (C=O) groups excluding carboxylic acids is 1. The lowest BCUT2D eigenvalue weighted by molar-refractivity contribution is -0.121. The number of carbonyl (C=O) groups is 1. The van der Waals surface area contributed by atoms with Crippen molar-refractivity contribution < 1.29 is 4.79 Å². The van der Waals surface area contributed by atoms with E-state index in [9.17, 15) is 4.79 Å². The zero-order valence-corrected chi connectivity index (χ0v) is 18.1. The Morgan fingerprint density at radius 2 is 1.69 bits per heavy atom. The van der Waals surface area contributed by atoms with Crippen LogP contribution in [0.2, 0.25) is 0 Å². The van der Waals surface area contributed by atoms with Crippen LogP contribution in [0.3, 0.4) is 0 Å². The first kappa shape index (κ1) is 27.5. The van der Waals surface area contributed by atoms with Crippen LogP contribution in [0.1, 0.15) is 19.8 Å². The van der Waals surface area contributed by atoms with Gasteiger partial charge in [-0.3, -0.25) is 9.69 Å². The largest absolute Gasteiger partial charge is 0.369 e. The van der Waals surface area contributed by atoms with Crippen LogP contribution in [-0.4, -0.2) is 63.2 Å². The second kappa shape index (κ2) is 15.3. The van der Waals surface area contributed by atoms with E-state index >= 15 is 0 Å². The summed E-state index contributed by atoms with van der Waals surface area (Å²) in [4.78, 5) is 16.7. The van der Waals surface area contributed by atoms with Gasteiger partial charge in [0, 0.05) is 50.9 Å². The number of rotatable bonds is 8. The van der Waals surface area contributed by atoms with E-state index in [2.05, 4.69) is 57.7 Å². The molecular weight excluding hydrogens is 395 g/mol. The van der Waals surface area contributed by atoms with Crippen molar-refractivity contribution in [1.82, 2.24) is 15.5 Å². The highest BCUT2D eigenvalue weighted by Crippen LogP contribution is 2.16. The lowest BCUT2D eigenvalue weighted by Crippen LogP contribution is -2.52. The van der Waals surface area contributed by atoms with E-state index in [1.807, 2.05) is 7.05 Å². The van der Waals surface area contributed by atoms with Gasteiger partial charge in [-0.2, -0.15) is 0 Å². The summed E-state index contributed by atoms with van der Waals surface area (Å²) in [5.41, 5.74) is 1.30. The van der Waals surface area contributed by atoms with Gasteiger partial charge in [0.05, 0.1) is 0 Å². The van der Waals surface area contributed by atoms with Crippen molar-refractivity contribution >= 4 is 48.8 Å². The zero-order chi connectivity index (χ0) is 16.5. The quantitative estimate of drug-likeness (QED) is 0.626. The van der Waals surface area contributed by atoms with Gasteiger partial charge in [0.25, 0.3) is 0 Å². The van der Waals surface area contributed by atoms with Crippen molar-refractivity contribution in [2.24, 2.45) is 0 Å². The first-order chi connectivity index (χ1) is 11.2. The van der Waals surface area contributed by atoms with E-state index in [0.717, 1.165) is 45.7 Å². The van der Waals surface area contributed by atoms with Gasteiger partial charge < -0.3 is 15.5 Å². The summed E-state index contributed by atoms with van der Waals surface area (Å²) < 4.78 is 0. The van der Waals surface area contributed by atoms with Crippen molar-refractivity contribution in [3.05, 3.63) is 30.3 Å². The molecule has 0 saturated carbocycles. The first-order valence-electron chi connectivity index (χ1n) is 8.66. The summed E-state index contributed by atoms with van der Waals surface area (Å²) in [6, 6.07) is 11.0. The molecule has 2 N–H and O–H groups in total. The highest BCUT2D eigenvalue weighted by Gasteiger charge is 2.21. The number of benzene rings is 1. The summed E-state index contributed by atoms with van der Waals surface area (Å²) in [7, 11) is 1.91. The fourth-order valence-corrected chi connectivity index (χ4v) is 2.96. The van der Waals surface area contributed by atoms with Crippen LogP contribution in [-0.2, 0) is 4.79 Å². The van der Waals surface area contributed by atoms with Crippen LogP contribution in [0.4, 0.5) is 5.69 Å². The molecule has 1 saturated heterocycles. The third kappa shape index (κ3) is 9.28. The predicted octanol–water partition coefficient (Wildman–Crippen LogP) is 2.58. The minimum Gasteiger partial charge on any atom is -0.369 e. The van der Waals surface area contributed by atoms with Crippen LogP contribution < -0.4 is 15.5 Å². The molecule has 152 valence electrons. The summed E-state index contributed by atoms with van der Waals surface area (Å²) >= 11 is 0. The Balaban J connectivity index is 0. The maximum atomic E-state index is 11.8. The molecule has 1 aliphatic rings. The van der Waals surface area contributed by atoms with Crippen molar-refractivity contribution in [2.75, 3.05) is 51.2 Å². The summed E-state index contributed by atoms with van der Waals surface area (Å²) in [5, 5.41) is 6.12. The van der Waals surface area contributed by atoms with Gasteiger partial charge in [-0.05, 0) is 39.1 Å². The average Bonchev–Trinajstić information content (AvgIpc) is 2.61. The van der Waals surface area contributed by atoms with Gasteiger partial charge in [0.15, 0.2) is 0 Å². The number of para-hydroxylation sites is 1. The minimum absolute atomic E-state index is 0. The van der Waals surface area contributed by atoms with E-state index in [-0.39, 0.29) is 43.1 Å². The Morgan fingerprint density at radius 1 is 1.08 bits per heavy atom. The molecule has 1 aliphatic heterocycles. The van der Waals surface area contributed by atoms with Crippen LogP contribution in [0, 0.1) is 0 Å². The van der Waals surface area contributed by atoms with Crippen LogP contribution in [0.25, 0.3) is 0 Å². The van der Waals surface area contributed by atoms with Gasteiger partial charge in [-0.1, -0.05) is 18.2 Å². The minimum atomic E-state index is 0. The number of hydrogen-bond donors (Lipinski definition) is 2. The fraction of sp³-hybridized carbons (Fsp3) is 0.611. The Morgan fingerprint density at radius 3 is 2.27 bits per heavy atom. The highest BCUT2D eigenvalue weighted by atomic mass is 35.5. The summed E-state index contributed by atoms with van der Waals surface area (Å²) in [5.74, 6) is 0.162. The number of halogens is 3. The molecule has 1 atom stereocenters. The second-order valence-electron chi connectivity index (χ2n) is 6.22. The standard InChI is InChI=1S/C18H30N4O.3ClH/c1-16(15-20-18(23)9-6-10-19-2)21-11-13-22(14-12-21)17-7-4-3-5-8-17;;;/h3-5,7-8,16,19H,6,9-15H2,1-2H3,(H,20,23);3*1H. The van der Waals surface area contributed by atoms with Crippen LogP contribution >= 0.6 is 37.2 Å². The normalized spacial score (nSPS) is 15.1. The van der Waals surface area contributed by atoms with Gasteiger partial charge in [-0.25, -0.2) is 0 Å². The monoisotopic (exact) mass is 426 g/mol. The maximum absolute atomic E-state index is 11.8. The summed E-state index contributed by atoms with van der Waals surface area (Å²) in [6.45, 7) is 8.02. The Hall–Kier alpha value is -0.720. The van der Waals surface area contributed by atoms with E-state index in [1.54, 1.807) is 0 Å². The predicted molar refractivity (Wildman–Crippen MR) is 118 cm³/mol. The molecule has 1 aromatic rings. The maximum Gasteiger partial charge on any atom is 0.220 e. The zero-order valence-electron chi connectivity index (χ0n) is 15.6. The van der Waals surface area contributed by atoms with E-state index in [4.69, 9.17) is 0 Å². The van der Waals surface area contributed by atoms with Crippen molar-refractivity contribution in [2.45, 2.75) is 25.8 Å². The number of hydrogen-bond acceptors (Lipinski definition) is 4. The molecule has 2 rings (SSSR count). The molecule has 1 aromatic carbocycles. The molecule has 0 bridgehead atoms. The van der Waals surface area contributed by atoms with Crippen molar-refractivity contribution in [1.29, 1.82) is 0 Å². The van der Waals surface area contributed by atoms with Crippen LogP contribution in [0.15, 0.2) is 30.3 Å². The molecule has 0 aromatic heterocycles. The lowest BCUT2D eigenvalue weighted by atomic mass is 10.2. The second-order valence-corrected chi connectivity index (χ2v) is 6.22. The van der Waals surface area contributed by atoms with Crippen molar-refractivity contribution in [3.63, 3.8) is 0 Å². The molecular formula is C18H33Cl3N4O. The molecule has 1 unspecified atom stereocenters. The number of nitrogens with one attached hydrogen (secondary N) is 2. The Labute approximate surface area is 176 Å². The molecule has 1 heterocycles. The molecule has 1 fully saturated rings. The Bertz CT molecular complexity index is 471. The van der Waals surface area contributed by atoms with Crippen molar-refractivity contribution in [3.8, 4) is 0 Å². The molecule has 8 heteroatoms. The summed E-state index contributed by atoms with van der Waals surface area (Å²) in [6.07, 6.45) is 1.50. The molecule has 26 heavy (non-hydrogen) atoms. The van der Waals surface area contributed by atoms with Gasteiger partial charge in [-0.15, -0.1) is 37.2 Å². The molecule has 5 nitrogen and oxygen atoms in total. The topological polar surface area (TPSA) is 47.6 Å². The van der Waals surface area contributed by atoms with Gasteiger partial charge in [0.1, 0.15) is 0 Å². The molecule has 0 spiro atoms. The Kier molecular flexibility index (Phi) is 16.2.